The van der Waals surface area contributed by atoms with Crippen molar-refractivity contribution in [2.45, 2.75) is 20.0 Å². The number of aromatic nitrogens is 4. The van der Waals surface area contributed by atoms with Gasteiger partial charge in [0, 0.05) is 36.4 Å². The number of halogens is 1. The highest BCUT2D eigenvalue weighted by molar-refractivity contribution is 6.31. The third kappa shape index (κ3) is 2.75. The van der Waals surface area contributed by atoms with E-state index in [0.717, 1.165) is 29.5 Å². The Morgan fingerprint density at radius 2 is 2.05 bits per heavy atom. The van der Waals surface area contributed by atoms with Crippen LogP contribution in [0.15, 0.2) is 49.3 Å². The summed E-state index contributed by atoms with van der Waals surface area (Å²) in [5.74, 6) is 0.989. The van der Waals surface area contributed by atoms with Crippen LogP contribution in [0.4, 0.5) is 0 Å². The Morgan fingerprint density at radius 1 is 1.15 bits per heavy atom. The van der Waals surface area contributed by atoms with Gasteiger partial charge in [-0.2, -0.15) is 0 Å². The largest absolute Gasteiger partial charge is 0.333 e. The van der Waals surface area contributed by atoms with Crippen molar-refractivity contribution in [1.29, 1.82) is 0 Å². The molecule has 0 saturated carbocycles. The van der Waals surface area contributed by atoms with E-state index in [0.29, 0.717) is 0 Å². The highest BCUT2D eigenvalue weighted by Gasteiger charge is 2.05. The molecule has 0 fully saturated rings. The molecule has 102 valence electrons. The van der Waals surface area contributed by atoms with E-state index >= 15 is 0 Å². The Labute approximate surface area is 122 Å². The molecule has 20 heavy (non-hydrogen) atoms. The summed E-state index contributed by atoms with van der Waals surface area (Å²) < 4.78 is 4.10. The summed E-state index contributed by atoms with van der Waals surface area (Å²) in [4.78, 5) is 8.26. The molecule has 3 rings (SSSR count). The third-order valence-electron chi connectivity index (χ3n) is 3.31. The fraction of sp³-hybridized carbons (Fsp3) is 0.200. The molecule has 0 aliphatic rings. The lowest BCUT2D eigenvalue weighted by Crippen LogP contribution is -2.02. The highest BCUT2D eigenvalue weighted by atomic mass is 35.5. The Morgan fingerprint density at radius 3 is 2.70 bits per heavy atom. The van der Waals surface area contributed by atoms with E-state index in [2.05, 4.69) is 26.7 Å². The van der Waals surface area contributed by atoms with Crippen molar-refractivity contribution in [2.24, 2.45) is 0 Å². The summed E-state index contributed by atoms with van der Waals surface area (Å²) in [5.41, 5.74) is 2.27. The van der Waals surface area contributed by atoms with Crippen molar-refractivity contribution in [2.75, 3.05) is 0 Å². The molecule has 0 spiro atoms. The lowest BCUT2D eigenvalue weighted by molar-refractivity contribution is 0.759. The first-order valence-electron chi connectivity index (χ1n) is 6.43. The average Bonchev–Trinajstić information content (AvgIpc) is 3.05. The minimum Gasteiger partial charge on any atom is -0.333 e. The third-order valence-corrected chi connectivity index (χ3v) is 3.66. The molecule has 1 aromatic carbocycles. The van der Waals surface area contributed by atoms with E-state index < -0.39 is 0 Å². The van der Waals surface area contributed by atoms with Crippen LogP contribution in [0.1, 0.15) is 17.0 Å². The van der Waals surface area contributed by atoms with E-state index in [1.807, 2.05) is 30.0 Å². The van der Waals surface area contributed by atoms with Gasteiger partial charge in [-0.1, -0.05) is 23.7 Å². The smallest absolute Gasteiger partial charge is 0.105 e. The lowest BCUT2D eigenvalue weighted by atomic mass is 10.1. The average molecular weight is 287 g/mol. The molecular weight excluding hydrogens is 272 g/mol. The van der Waals surface area contributed by atoms with E-state index in [1.165, 1.54) is 5.56 Å². The standard InChI is InChI=1S/C15H15ClN4/c1-12-18-5-7-20(12)10-14-3-2-13(8-15(14)16)9-19-6-4-17-11-19/h2-8,11H,9-10H2,1H3. The van der Waals surface area contributed by atoms with Crippen LogP contribution in [0.25, 0.3) is 0 Å². The summed E-state index contributed by atoms with van der Waals surface area (Å²) >= 11 is 6.38. The number of aryl methyl sites for hydroxylation is 1. The van der Waals surface area contributed by atoms with Gasteiger partial charge in [0.2, 0.25) is 0 Å². The minimum absolute atomic E-state index is 0.746. The predicted molar refractivity (Wildman–Crippen MR) is 78.8 cm³/mol. The molecule has 5 heteroatoms. The fourth-order valence-electron chi connectivity index (χ4n) is 2.16. The summed E-state index contributed by atoms with van der Waals surface area (Å²) in [6.45, 7) is 3.52. The molecule has 0 aliphatic carbocycles. The van der Waals surface area contributed by atoms with Gasteiger partial charge in [-0.3, -0.25) is 0 Å². The normalized spacial score (nSPS) is 10.9. The zero-order chi connectivity index (χ0) is 13.9. The molecule has 0 saturated heterocycles. The van der Waals surface area contributed by atoms with Crippen LogP contribution in [0.3, 0.4) is 0 Å². The van der Waals surface area contributed by atoms with Crippen LogP contribution in [-0.2, 0) is 13.1 Å². The van der Waals surface area contributed by atoms with Crippen molar-refractivity contribution < 1.29 is 0 Å². The number of hydrogen-bond acceptors (Lipinski definition) is 2. The Kier molecular flexibility index (Phi) is 3.56. The maximum Gasteiger partial charge on any atom is 0.105 e. The van der Waals surface area contributed by atoms with Gasteiger partial charge in [0.05, 0.1) is 12.9 Å². The van der Waals surface area contributed by atoms with Crippen LogP contribution in [0.5, 0.6) is 0 Å². The van der Waals surface area contributed by atoms with Gasteiger partial charge in [-0.25, -0.2) is 9.97 Å². The SMILES string of the molecule is Cc1nccn1Cc1ccc(Cn2ccnc2)cc1Cl. The first-order chi connectivity index (χ1) is 9.72. The molecule has 3 aromatic rings. The summed E-state index contributed by atoms with van der Waals surface area (Å²) in [7, 11) is 0. The van der Waals surface area contributed by atoms with Gasteiger partial charge < -0.3 is 9.13 Å². The second kappa shape index (κ2) is 5.51. The van der Waals surface area contributed by atoms with Gasteiger partial charge >= 0.3 is 0 Å². The van der Waals surface area contributed by atoms with E-state index in [9.17, 15) is 0 Å². The van der Waals surface area contributed by atoms with Crippen molar-refractivity contribution >= 4 is 11.6 Å². The molecule has 0 radical (unpaired) electrons. The van der Waals surface area contributed by atoms with Crippen molar-refractivity contribution in [3.05, 3.63) is 71.3 Å². The molecule has 0 unspecified atom stereocenters. The second-order valence-corrected chi connectivity index (χ2v) is 5.17. The molecule has 0 amide bonds. The summed E-state index contributed by atoms with van der Waals surface area (Å²) in [6.07, 6.45) is 9.28. The maximum atomic E-state index is 6.38. The van der Waals surface area contributed by atoms with Crippen molar-refractivity contribution in [3.63, 3.8) is 0 Å². The highest BCUT2D eigenvalue weighted by Crippen LogP contribution is 2.20. The first kappa shape index (κ1) is 12.9. The van der Waals surface area contributed by atoms with Crippen molar-refractivity contribution in [1.82, 2.24) is 19.1 Å². The zero-order valence-corrected chi connectivity index (χ0v) is 12.0. The lowest BCUT2D eigenvalue weighted by Gasteiger charge is -2.09. The minimum atomic E-state index is 0.746. The van der Waals surface area contributed by atoms with E-state index in [4.69, 9.17) is 11.6 Å². The van der Waals surface area contributed by atoms with Gasteiger partial charge in [0.1, 0.15) is 5.82 Å². The molecule has 0 N–H and O–H groups in total. The summed E-state index contributed by atoms with van der Waals surface area (Å²) in [5, 5.41) is 0.788. The Hall–Kier alpha value is -2.07. The molecule has 0 bridgehead atoms. The number of rotatable bonds is 4. The topological polar surface area (TPSA) is 35.6 Å². The zero-order valence-electron chi connectivity index (χ0n) is 11.2. The molecule has 0 atom stereocenters. The van der Waals surface area contributed by atoms with Gasteiger partial charge in [0.25, 0.3) is 0 Å². The number of nitrogens with zero attached hydrogens (tertiary/aromatic N) is 4. The maximum absolute atomic E-state index is 6.38. The number of imidazole rings is 2. The Bertz CT molecular complexity index is 700. The quantitative estimate of drug-likeness (QED) is 0.739. The van der Waals surface area contributed by atoms with Crippen LogP contribution in [0.2, 0.25) is 5.02 Å². The van der Waals surface area contributed by atoms with E-state index in [-0.39, 0.29) is 0 Å². The predicted octanol–water partition coefficient (Wildman–Crippen LogP) is 3.14. The summed E-state index contributed by atoms with van der Waals surface area (Å²) in [6, 6.07) is 6.20. The molecular formula is C15H15ClN4. The molecule has 2 heterocycles. The van der Waals surface area contributed by atoms with Crippen molar-refractivity contribution in [3.8, 4) is 0 Å². The van der Waals surface area contributed by atoms with Gasteiger partial charge in [-0.15, -0.1) is 0 Å². The molecule has 4 nitrogen and oxygen atoms in total. The Balaban J connectivity index is 1.79. The second-order valence-electron chi connectivity index (χ2n) is 4.76. The van der Waals surface area contributed by atoms with Crippen LogP contribution < -0.4 is 0 Å². The molecule has 2 aromatic heterocycles. The van der Waals surface area contributed by atoms with Crippen LogP contribution >= 0.6 is 11.6 Å². The fourth-order valence-corrected chi connectivity index (χ4v) is 2.43. The first-order valence-corrected chi connectivity index (χ1v) is 6.81. The van der Waals surface area contributed by atoms with Gasteiger partial charge in [-0.05, 0) is 24.1 Å². The number of hydrogen-bond donors (Lipinski definition) is 0. The van der Waals surface area contributed by atoms with Gasteiger partial charge in [0.15, 0.2) is 0 Å². The van der Waals surface area contributed by atoms with Crippen LogP contribution in [-0.4, -0.2) is 19.1 Å². The molecule has 0 aliphatic heterocycles. The van der Waals surface area contributed by atoms with E-state index in [1.54, 1.807) is 18.7 Å². The monoisotopic (exact) mass is 286 g/mol. The number of benzene rings is 1. The van der Waals surface area contributed by atoms with Crippen LogP contribution in [0, 0.1) is 6.92 Å².